The van der Waals surface area contributed by atoms with Crippen molar-refractivity contribution in [3.05, 3.63) is 54.9 Å². The van der Waals surface area contributed by atoms with Crippen LogP contribution in [0.25, 0.3) is 43.9 Å². The average molecular weight is 400 g/mol. The predicted molar refractivity (Wildman–Crippen MR) is 119 cm³/mol. The van der Waals surface area contributed by atoms with Crippen LogP contribution >= 0.6 is 12.2 Å². The lowest BCUT2D eigenvalue weighted by Gasteiger charge is -2.11. The van der Waals surface area contributed by atoms with Crippen LogP contribution in [0.2, 0.25) is 0 Å². The number of nitrogens with one attached hydrogen (secondary N) is 2. The number of aromatic nitrogens is 4. The van der Waals surface area contributed by atoms with Crippen LogP contribution < -0.4 is 10.6 Å². The van der Waals surface area contributed by atoms with E-state index in [2.05, 4.69) is 20.6 Å². The van der Waals surface area contributed by atoms with Crippen molar-refractivity contribution < 1.29 is 5.11 Å². The van der Waals surface area contributed by atoms with Gasteiger partial charge in [0.25, 0.3) is 0 Å². The molecule has 0 amide bonds. The van der Waals surface area contributed by atoms with Gasteiger partial charge < -0.3 is 15.7 Å². The first-order valence-electron chi connectivity index (χ1n) is 9.13. The maximum atomic E-state index is 8.91. The van der Waals surface area contributed by atoms with Gasteiger partial charge in [0.2, 0.25) is 0 Å². The highest BCUT2D eigenvalue weighted by Crippen LogP contribution is 2.32. The van der Waals surface area contributed by atoms with E-state index in [1.54, 1.807) is 12.4 Å². The van der Waals surface area contributed by atoms with Crippen LogP contribution in [-0.4, -0.2) is 43.3 Å². The van der Waals surface area contributed by atoms with Gasteiger partial charge in [0.05, 0.1) is 39.7 Å². The highest BCUT2D eigenvalue weighted by molar-refractivity contribution is 7.80. The van der Waals surface area contributed by atoms with E-state index in [0.717, 1.165) is 49.6 Å². The Morgan fingerprint density at radius 3 is 2.17 bits per heavy atom. The molecule has 0 aliphatic carbocycles. The fraction of sp³-hybridized carbons (Fsp3) is 0.0952. The first-order chi connectivity index (χ1) is 14.2. The van der Waals surface area contributed by atoms with Gasteiger partial charge in [-0.3, -0.25) is 9.97 Å². The molecule has 142 valence electrons. The van der Waals surface area contributed by atoms with Crippen LogP contribution in [0.4, 0.5) is 5.69 Å². The van der Waals surface area contributed by atoms with E-state index < -0.39 is 0 Å². The van der Waals surface area contributed by atoms with Gasteiger partial charge in [-0.15, -0.1) is 0 Å². The molecule has 0 fully saturated rings. The van der Waals surface area contributed by atoms with Crippen molar-refractivity contribution in [3.8, 4) is 0 Å². The Morgan fingerprint density at radius 2 is 1.52 bits per heavy atom. The Kier molecular flexibility index (Phi) is 4.34. The highest BCUT2D eigenvalue weighted by Gasteiger charge is 2.13. The normalized spacial score (nSPS) is 11.3. The van der Waals surface area contributed by atoms with Gasteiger partial charge in [-0.1, -0.05) is 0 Å². The summed E-state index contributed by atoms with van der Waals surface area (Å²) >= 11 is 5.23. The molecule has 0 unspecified atom stereocenters. The van der Waals surface area contributed by atoms with Crippen LogP contribution in [0.3, 0.4) is 0 Å². The summed E-state index contributed by atoms with van der Waals surface area (Å²) in [5.74, 6) is 0. The Hall–Kier alpha value is -3.49. The molecule has 7 nitrogen and oxygen atoms in total. The van der Waals surface area contributed by atoms with E-state index in [1.165, 1.54) is 0 Å². The standard InChI is InChI=1S/C21H16N6OS/c28-10-9-24-21(29)25-12-5-6-15-16(11-12)27-20-14-4-2-8-23-18(14)17-13(19(20)26-15)3-1-7-22-17/h1-8,11,28H,9-10H2,(H2,24,25,29). The summed E-state index contributed by atoms with van der Waals surface area (Å²) in [6.07, 6.45) is 3.53. The van der Waals surface area contributed by atoms with E-state index in [9.17, 15) is 0 Å². The van der Waals surface area contributed by atoms with E-state index in [4.69, 9.17) is 27.3 Å². The van der Waals surface area contributed by atoms with Crippen molar-refractivity contribution in [3.63, 3.8) is 0 Å². The van der Waals surface area contributed by atoms with Crippen molar-refractivity contribution in [1.82, 2.24) is 25.3 Å². The zero-order chi connectivity index (χ0) is 19.8. The largest absolute Gasteiger partial charge is 0.395 e. The smallest absolute Gasteiger partial charge is 0.170 e. The number of aliphatic hydroxyl groups excluding tert-OH is 1. The fourth-order valence-corrected chi connectivity index (χ4v) is 3.64. The quantitative estimate of drug-likeness (QED) is 0.241. The summed E-state index contributed by atoms with van der Waals surface area (Å²) in [7, 11) is 0. The van der Waals surface area contributed by atoms with Crippen molar-refractivity contribution in [2.45, 2.75) is 0 Å². The molecule has 0 saturated heterocycles. The molecule has 5 rings (SSSR count). The Labute approximate surface area is 170 Å². The van der Waals surface area contributed by atoms with Gasteiger partial charge in [-0.05, 0) is 54.7 Å². The van der Waals surface area contributed by atoms with Crippen molar-refractivity contribution in [1.29, 1.82) is 0 Å². The number of hydrogen-bond acceptors (Lipinski definition) is 6. The van der Waals surface area contributed by atoms with Gasteiger partial charge >= 0.3 is 0 Å². The summed E-state index contributed by atoms with van der Waals surface area (Å²) in [6.45, 7) is 0.408. The van der Waals surface area contributed by atoms with Gasteiger partial charge in [0, 0.05) is 35.4 Å². The minimum Gasteiger partial charge on any atom is -0.395 e. The fourth-order valence-electron chi connectivity index (χ4n) is 3.42. The SMILES string of the molecule is OCCNC(=S)Nc1ccc2nc3c4cccnc4c4ncccc4c3nc2c1. The van der Waals surface area contributed by atoms with Crippen LogP contribution in [0.1, 0.15) is 0 Å². The number of nitrogens with zero attached hydrogens (tertiary/aromatic N) is 4. The lowest BCUT2D eigenvalue weighted by molar-refractivity contribution is 0.301. The van der Waals surface area contributed by atoms with E-state index in [0.29, 0.717) is 11.7 Å². The zero-order valence-electron chi connectivity index (χ0n) is 15.3. The second-order valence-electron chi connectivity index (χ2n) is 6.53. The Bertz CT molecular complexity index is 1400. The summed E-state index contributed by atoms with van der Waals surface area (Å²) < 4.78 is 0. The molecule has 0 spiro atoms. The molecule has 0 atom stereocenters. The molecule has 0 bridgehead atoms. The van der Waals surface area contributed by atoms with Crippen LogP contribution in [0.5, 0.6) is 0 Å². The third-order valence-corrected chi connectivity index (χ3v) is 4.92. The number of hydrogen-bond donors (Lipinski definition) is 3. The predicted octanol–water partition coefficient (Wildman–Crippen LogP) is 3.16. The van der Waals surface area contributed by atoms with E-state index >= 15 is 0 Å². The number of rotatable bonds is 3. The van der Waals surface area contributed by atoms with Gasteiger partial charge in [-0.2, -0.15) is 0 Å². The highest BCUT2D eigenvalue weighted by atomic mass is 32.1. The summed E-state index contributed by atoms with van der Waals surface area (Å²) in [5.41, 5.74) is 5.56. The third-order valence-electron chi connectivity index (χ3n) is 4.67. The number of thiocarbonyl (C=S) groups is 1. The van der Waals surface area contributed by atoms with Gasteiger partial charge in [0.1, 0.15) is 0 Å². The topological polar surface area (TPSA) is 95.8 Å². The molecule has 0 radical (unpaired) electrons. The lowest BCUT2D eigenvalue weighted by Crippen LogP contribution is -2.30. The molecule has 8 heteroatoms. The van der Waals surface area contributed by atoms with Crippen LogP contribution in [-0.2, 0) is 0 Å². The average Bonchev–Trinajstić information content (AvgIpc) is 2.77. The second-order valence-corrected chi connectivity index (χ2v) is 6.94. The maximum Gasteiger partial charge on any atom is 0.170 e. The number of fused-ring (bicyclic) bond motifs is 7. The minimum atomic E-state index is 0.0148. The summed E-state index contributed by atoms with van der Waals surface area (Å²) in [6, 6.07) is 13.5. The molecular weight excluding hydrogens is 384 g/mol. The lowest BCUT2D eigenvalue weighted by atomic mass is 10.1. The second kappa shape index (κ2) is 7.16. The third kappa shape index (κ3) is 3.08. The molecule has 0 aliphatic heterocycles. The molecule has 2 aromatic carbocycles. The molecule has 0 saturated carbocycles. The minimum absolute atomic E-state index is 0.0148. The van der Waals surface area contributed by atoms with E-state index in [-0.39, 0.29) is 6.61 Å². The Balaban J connectivity index is 1.73. The molecule has 3 N–H and O–H groups in total. The summed E-state index contributed by atoms with van der Waals surface area (Å²) in [5, 5.41) is 17.2. The monoisotopic (exact) mass is 400 g/mol. The molecule has 3 aromatic heterocycles. The first kappa shape index (κ1) is 17.6. The number of pyridine rings is 2. The van der Waals surface area contributed by atoms with Crippen LogP contribution in [0.15, 0.2) is 54.9 Å². The Morgan fingerprint density at radius 1 is 0.862 bits per heavy atom. The van der Waals surface area contributed by atoms with Gasteiger partial charge in [-0.25, -0.2) is 9.97 Å². The summed E-state index contributed by atoms with van der Waals surface area (Å²) in [4.78, 5) is 18.9. The maximum absolute atomic E-state index is 8.91. The van der Waals surface area contributed by atoms with Crippen molar-refractivity contribution in [2.24, 2.45) is 0 Å². The molecular formula is C21H16N6OS. The van der Waals surface area contributed by atoms with Crippen LogP contribution in [0, 0.1) is 0 Å². The first-order valence-corrected chi connectivity index (χ1v) is 9.54. The van der Waals surface area contributed by atoms with Gasteiger partial charge in [0.15, 0.2) is 5.11 Å². The zero-order valence-corrected chi connectivity index (χ0v) is 16.1. The molecule has 5 aromatic rings. The van der Waals surface area contributed by atoms with E-state index in [1.807, 2.05) is 42.5 Å². The number of aliphatic hydroxyl groups is 1. The molecule has 3 heterocycles. The number of benzene rings is 2. The number of anilines is 1. The van der Waals surface area contributed by atoms with Crippen molar-refractivity contribution >= 4 is 66.9 Å². The van der Waals surface area contributed by atoms with Crippen molar-refractivity contribution in [2.75, 3.05) is 18.5 Å². The molecule has 0 aliphatic rings. The molecule has 29 heavy (non-hydrogen) atoms.